The minimum Gasteiger partial charge on any atom is -0.314 e. The standard InChI is InChI=1S/C15H25N/c1-3-4-5-13-10-12(2)6-7-14(13)11-16-15-8-9-15/h12-16H,5-11H2,1-2H3. The second-order valence-electron chi connectivity index (χ2n) is 5.75. The summed E-state index contributed by atoms with van der Waals surface area (Å²) in [5.41, 5.74) is 0. The van der Waals surface area contributed by atoms with Crippen molar-refractivity contribution in [3.63, 3.8) is 0 Å². The highest BCUT2D eigenvalue weighted by atomic mass is 14.9. The zero-order valence-electron chi connectivity index (χ0n) is 10.8. The van der Waals surface area contributed by atoms with E-state index in [1.165, 1.54) is 38.6 Å². The van der Waals surface area contributed by atoms with Gasteiger partial charge in [0.15, 0.2) is 0 Å². The molecule has 16 heavy (non-hydrogen) atoms. The van der Waals surface area contributed by atoms with E-state index in [-0.39, 0.29) is 0 Å². The van der Waals surface area contributed by atoms with Crippen LogP contribution in [0.2, 0.25) is 0 Å². The van der Waals surface area contributed by atoms with Crippen LogP contribution >= 0.6 is 0 Å². The largest absolute Gasteiger partial charge is 0.314 e. The molecule has 2 saturated carbocycles. The summed E-state index contributed by atoms with van der Waals surface area (Å²) in [5.74, 6) is 9.00. The van der Waals surface area contributed by atoms with E-state index in [9.17, 15) is 0 Å². The molecule has 0 aliphatic heterocycles. The van der Waals surface area contributed by atoms with Gasteiger partial charge in [0.25, 0.3) is 0 Å². The molecule has 1 N–H and O–H groups in total. The molecule has 1 nitrogen and oxygen atoms in total. The van der Waals surface area contributed by atoms with Gasteiger partial charge in [-0.1, -0.05) is 13.3 Å². The molecule has 2 aliphatic carbocycles. The summed E-state index contributed by atoms with van der Waals surface area (Å²) in [7, 11) is 0. The lowest BCUT2D eigenvalue weighted by Gasteiger charge is -2.34. The van der Waals surface area contributed by atoms with E-state index < -0.39 is 0 Å². The monoisotopic (exact) mass is 219 g/mol. The van der Waals surface area contributed by atoms with E-state index in [2.05, 4.69) is 24.1 Å². The molecule has 0 aromatic carbocycles. The maximum absolute atomic E-state index is 3.70. The van der Waals surface area contributed by atoms with Crippen molar-refractivity contribution >= 4 is 0 Å². The van der Waals surface area contributed by atoms with Gasteiger partial charge >= 0.3 is 0 Å². The third kappa shape index (κ3) is 3.52. The zero-order valence-corrected chi connectivity index (χ0v) is 10.8. The minimum absolute atomic E-state index is 0.849. The first-order valence-corrected chi connectivity index (χ1v) is 6.92. The summed E-state index contributed by atoms with van der Waals surface area (Å²) in [6, 6.07) is 0.859. The normalized spacial score (nSPS) is 34.2. The van der Waals surface area contributed by atoms with Crippen LogP contribution in [0.4, 0.5) is 0 Å². The van der Waals surface area contributed by atoms with Crippen molar-refractivity contribution in [1.29, 1.82) is 0 Å². The van der Waals surface area contributed by atoms with Crippen LogP contribution in [-0.4, -0.2) is 12.6 Å². The summed E-state index contributed by atoms with van der Waals surface area (Å²) < 4.78 is 0. The molecule has 0 amide bonds. The van der Waals surface area contributed by atoms with Gasteiger partial charge in [-0.2, -0.15) is 0 Å². The van der Waals surface area contributed by atoms with Crippen LogP contribution in [-0.2, 0) is 0 Å². The smallest absolute Gasteiger partial charge is 0.0120 e. The van der Waals surface area contributed by atoms with Crippen molar-refractivity contribution in [2.75, 3.05) is 6.54 Å². The van der Waals surface area contributed by atoms with E-state index in [1.54, 1.807) is 0 Å². The molecule has 2 aliphatic rings. The Hall–Kier alpha value is -0.480. The van der Waals surface area contributed by atoms with E-state index in [1.807, 2.05) is 6.92 Å². The van der Waals surface area contributed by atoms with E-state index in [0.29, 0.717) is 0 Å². The molecule has 0 radical (unpaired) electrons. The van der Waals surface area contributed by atoms with E-state index in [0.717, 1.165) is 30.2 Å². The fraction of sp³-hybridized carbons (Fsp3) is 0.867. The molecule has 0 aromatic rings. The molecule has 0 heterocycles. The first kappa shape index (κ1) is 12.0. The lowest BCUT2D eigenvalue weighted by molar-refractivity contribution is 0.187. The molecule has 2 fully saturated rings. The van der Waals surface area contributed by atoms with Crippen molar-refractivity contribution in [1.82, 2.24) is 5.32 Å². The van der Waals surface area contributed by atoms with Crippen molar-refractivity contribution in [3.8, 4) is 11.8 Å². The number of nitrogens with one attached hydrogen (secondary N) is 1. The second-order valence-corrected chi connectivity index (χ2v) is 5.75. The average Bonchev–Trinajstić information content (AvgIpc) is 3.09. The first-order valence-electron chi connectivity index (χ1n) is 6.92. The quantitative estimate of drug-likeness (QED) is 0.716. The highest BCUT2D eigenvalue weighted by molar-refractivity contribution is 4.99. The van der Waals surface area contributed by atoms with Gasteiger partial charge in [0.05, 0.1) is 0 Å². The Morgan fingerprint density at radius 3 is 2.62 bits per heavy atom. The van der Waals surface area contributed by atoms with Crippen LogP contribution < -0.4 is 5.32 Å². The Balaban J connectivity index is 1.81. The van der Waals surface area contributed by atoms with Crippen LogP contribution in [0.3, 0.4) is 0 Å². The van der Waals surface area contributed by atoms with Crippen molar-refractivity contribution < 1.29 is 0 Å². The molecule has 90 valence electrons. The van der Waals surface area contributed by atoms with Gasteiger partial charge in [-0.05, 0) is 56.9 Å². The van der Waals surface area contributed by atoms with Crippen molar-refractivity contribution in [2.45, 2.75) is 58.4 Å². The number of hydrogen-bond donors (Lipinski definition) is 1. The lowest BCUT2D eigenvalue weighted by Crippen LogP contribution is -2.33. The molecular formula is C15H25N. The summed E-state index contributed by atoms with van der Waals surface area (Å²) in [4.78, 5) is 0. The zero-order chi connectivity index (χ0) is 11.4. The summed E-state index contributed by atoms with van der Waals surface area (Å²) in [6.07, 6.45) is 8.17. The third-order valence-corrected chi connectivity index (χ3v) is 4.19. The molecule has 0 spiro atoms. The van der Waals surface area contributed by atoms with Crippen LogP contribution in [0.5, 0.6) is 0 Å². The van der Waals surface area contributed by atoms with Gasteiger partial charge in [0.2, 0.25) is 0 Å². The predicted octanol–water partition coefficient (Wildman–Crippen LogP) is 3.20. The fourth-order valence-electron chi connectivity index (χ4n) is 2.92. The van der Waals surface area contributed by atoms with E-state index >= 15 is 0 Å². The van der Waals surface area contributed by atoms with Gasteiger partial charge in [-0.15, -0.1) is 11.8 Å². The second kappa shape index (κ2) is 5.73. The Morgan fingerprint density at radius 1 is 1.12 bits per heavy atom. The predicted molar refractivity (Wildman–Crippen MR) is 69.1 cm³/mol. The average molecular weight is 219 g/mol. The van der Waals surface area contributed by atoms with Gasteiger partial charge in [0, 0.05) is 12.5 Å². The van der Waals surface area contributed by atoms with Crippen molar-refractivity contribution in [2.24, 2.45) is 17.8 Å². The Kier molecular flexibility index (Phi) is 4.29. The summed E-state index contributed by atoms with van der Waals surface area (Å²) >= 11 is 0. The molecule has 0 bridgehead atoms. The third-order valence-electron chi connectivity index (χ3n) is 4.19. The lowest BCUT2D eigenvalue weighted by atomic mass is 9.73. The maximum atomic E-state index is 3.70. The molecule has 0 aromatic heterocycles. The number of rotatable bonds is 4. The van der Waals surface area contributed by atoms with Crippen LogP contribution in [0, 0.1) is 29.6 Å². The van der Waals surface area contributed by atoms with Gasteiger partial charge in [0.1, 0.15) is 0 Å². The van der Waals surface area contributed by atoms with E-state index in [4.69, 9.17) is 0 Å². The molecule has 3 unspecified atom stereocenters. The van der Waals surface area contributed by atoms with Gasteiger partial charge in [-0.25, -0.2) is 0 Å². The van der Waals surface area contributed by atoms with Crippen LogP contribution in [0.15, 0.2) is 0 Å². The summed E-state index contributed by atoms with van der Waals surface area (Å²) in [5, 5.41) is 3.70. The first-order chi connectivity index (χ1) is 7.79. The molecule has 1 heteroatoms. The Morgan fingerprint density at radius 2 is 1.94 bits per heavy atom. The Labute approximate surface area is 100 Å². The highest BCUT2D eigenvalue weighted by Crippen LogP contribution is 2.35. The molecule has 2 rings (SSSR count). The fourth-order valence-corrected chi connectivity index (χ4v) is 2.92. The van der Waals surface area contributed by atoms with Crippen molar-refractivity contribution in [3.05, 3.63) is 0 Å². The minimum atomic E-state index is 0.849. The number of hydrogen-bond acceptors (Lipinski definition) is 1. The van der Waals surface area contributed by atoms with Gasteiger partial charge in [-0.3, -0.25) is 0 Å². The summed E-state index contributed by atoms with van der Waals surface area (Å²) in [6.45, 7) is 5.61. The highest BCUT2D eigenvalue weighted by Gasteiger charge is 2.29. The topological polar surface area (TPSA) is 12.0 Å². The SMILES string of the molecule is CC#CCC1CC(C)CCC1CNC1CC1. The van der Waals surface area contributed by atoms with Crippen LogP contribution in [0.1, 0.15) is 52.4 Å². The molecule has 3 atom stereocenters. The Bertz CT molecular complexity index is 269. The van der Waals surface area contributed by atoms with Gasteiger partial charge < -0.3 is 5.32 Å². The maximum Gasteiger partial charge on any atom is 0.0120 e. The molecule has 0 saturated heterocycles. The van der Waals surface area contributed by atoms with Crippen LogP contribution in [0.25, 0.3) is 0 Å². The molecular weight excluding hydrogens is 194 g/mol.